The summed E-state index contributed by atoms with van der Waals surface area (Å²) in [6.07, 6.45) is 5.46. The van der Waals surface area contributed by atoms with Gasteiger partial charge >= 0.3 is 0 Å². The molecule has 1 saturated heterocycles. The number of sulfonamides is 1. The number of hydrogen-bond donors (Lipinski definition) is 2. The summed E-state index contributed by atoms with van der Waals surface area (Å²) in [5.41, 5.74) is 1.91. The second-order valence-corrected chi connectivity index (χ2v) is 9.32. The van der Waals surface area contributed by atoms with Crippen molar-refractivity contribution in [1.82, 2.24) is 14.9 Å². The minimum absolute atomic E-state index is 0.00936. The Labute approximate surface area is 157 Å². The molecule has 0 spiro atoms. The van der Waals surface area contributed by atoms with Crippen LogP contribution in [0.15, 0.2) is 29.3 Å². The number of nitrogens with one attached hydrogen (secondary N) is 2. The zero-order valence-electron chi connectivity index (χ0n) is 15.7. The van der Waals surface area contributed by atoms with Gasteiger partial charge in [0.15, 0.2) is 5.96 Å². The van der Waals surface area contributed by atoms with E-state index in [4.69, 9.17) is 0 Å². The minimum Gasteiger partial charge on any atom is -0.352 e. The molecule has 0 amide bonds. The second-order valence-electron chi connectivity index (χ2n) is 7.39. The molecule has 0 aromatic heterocycles. The van der Waals surface area contributed by atoms with Gasteiger partial charge in [0.2, 0.25) is 10.0 Å². The molecule has 26 heavy (non-hydrogen) atoms. The average Bonchev–Trinajstić information content (AvgIpc) is 3.07. The second kappa shape index (κ2) is 8.39. The van der Waals surface area contributed by atoms with E-state index in [1.54, 1.807) is 0 Å². The molecule has 1 heterocycles. The Morgan fingerprint density at radius 3 is 2.23 bits per heavy atom. The summed E-state index contributed by atoms with van der Waals surface area (Å²) in [5.74, 6) is 2.64. The summed E-state index contributed by atoms with van der Waals surface area (Å²) in [6.45, 7) is 2.92. The van der Waals surface area contributed by atoms with E-state index in [1.807, 2.05) is 31.3 Å². The third-order valence-corrected chi connectivity index (χ3v) is 6.96. The largest absolute Gasteiger partial charge is 0.352 e. The maximum atomic E-state index is 11.6. The summed E-state index contributed by atoms with van der Waals surface area (Å²) >= 11 is 0. The third-order valence-electron chi connectivity index (χ3n) is 5.63. The van der Waals surface area contributed by atoms with Gasteiger partial charge in [-0.25, -0.2) is 13.1 Å². The van der Waals surface area contributed by atoms with Crippen molar-refractivity contribution in [2.24, 2.45) is 16.8 Å². The van der Waals surface area contributed by atoms with E-state index in [2.05, 4.69) is 19.9 Å². The third kappa shape index (κ3) is 4.76. The smallest absolute Gasteiger partial charge is 0.215 e. The predicted molar refractivity (Wildman–Crippen MR) is 105 cm³/mol. The highest BCUT2D eigenvalue weighted by Gasteiger charge is 2.35. The first-order valence-electron chi connectivity index (χ1n) is 9.45. The molecular formula is C19H30N4O2S. The normalized spacial score (nSPS) is 23.8. The van der Waals surface area contributed by atoms with Gasteiger partial charge in [0, 0.05) is 26.7 Å². The first kappa shape index (κ1) is 19.2. The lowest BCUT2D eigenvalue weighted by Crippen LogP contribution is -2.39. The van der Waals surface area contributed by atoms with E-state index in [0.717, 1.165) is 42.0 Å². The van der Waals surface area contributed by atoms with Gasteiger partial charge < -0.3 is 10.2 Å². The molecule has 1 aliphatic heterocycles. The van der Waals surface area contributed by atoms with Crippen molar-refractivity contribution in [3.05, 3.63) is 35.4 Å². The molecule has 2 unspecified atom stereocenters. The van der Waals surface area contributed by atoms with Crippen molar-refractivity contribution in [2.45, 2.75) is 38.0 Å². The van der Waals surface area contributed by atoms with E-state index in [1.165, 1.54) is 32.7 Å². The van der Waals surface area contributed by atoms with Crippen LogP contribution < -0.4 is 10.0 Å². The zero-order chi connectivity index (χ0) is 18.6. The van der Waals surface area contributed by atoms with Crippen LogP contribution in [-0.2, 0) is 22.3 Å². The Balaban J connectivity index is 1.54. The van der Waals surface area contributed by atoms with Crippen LogP contribution >= 0.6 is 0 Å². The molecule has 2 fully saturated rings. The van der Waals surface area contributed by atoms with Crippen LogP contribution in [0.25, 0.3) is 0 Å². The molecule has 1 aromatic carbocycles. The SMILES string of the molecule is CN=C(NCc1ccc(CS(=O)(=O)NC)cc1)N1CC2CCCCC2C1. The first-order valence-corrected chi connectivity index (χ1v) is 11.1. The van der Waals surface area contributed by atoms with Gasteiger partial charge in [0.05, 0.1) is 5.75 Å². The van der Waals surface area contributed by atoms with E-state index < -0.39 is 10.0 Å². The van der Waals surface area contributed by atoms with Crippen LogP contribution in [0.1, 0.15) is 36.8 Å². The van der Waals surface area contributed by atoms with Crippen molar-refractivity contribution in [2.75, 3.05) is 27.2 Å². The molecule has 2 atom stereocenters. The van der Waals surface area contributed by atoms with Gasteiger partial charge in [-0.2, -0.15) is 0 Å². The molecule has 2 N–H and O–H groups in total. The maximum absolute atomic E-state index is 11.6. The summed E-state index contributed by atoms with van der Waals surface area (Å²) < 4.78 is 25.6. The highest BCUT2D eigenvalue weighted by atomic mass is 32.2. The topological polar surface area (TPSA) is 73.8 Å². The fraction of sp³-hybridized carbons (Fsp3) is 0.632. The highest BCUT2D eigenvalue weighted by molar-refractivity contribution is 7.88. The van der Waals surface area contributed by atoms with Gasteiger partial charge in [0.25, 0.3) is 0 Å². The van der Waals surface area contributed by atoms with E-state index in [0.29, 0.717) is 6.54 Å². The first-order chi connectivity index (χ1) is 12.5. The van der Waals surface area contributed by atoms with Gasteiger partial charge in [-0.1, -0.05) is 37.1 Å². The standard InChI is InChI=1S/C19H30N4O2S/c1-20-19(23-12-17-5-3-4-6-18(17)13-23)22-11-15-7-9-16(10-8-15)14-26(24,25)21-2/h7-10,17-18,21H,3-6,11-14H2,1-2H3,(H,20,22). The fourth-order valence-corrected chi connectivity index (χ4v) is 4.91. The average molecular weight is 379 g/mol. The summed E-state index contributed by atoms with van der Waals surface area (Å²) in [4.78, 5) is 6.86. The van der Waals surface area contributed by atoms with Crippen LogP contribution in [0.3, 0.4) is 0 Å². The number of guanidine groups is 1. The monoisotopic (exact) mass is 378 g/mol. The van der Waals surface area contributed by atoms with E-state index in [9.17, 15) is 8.42 Å². The van der Waals surface area contributed by atoms with E-state index in [-0.39, 0.29) is 5.75 Å². The van der Waals surface area contributed by atoms with Crippen LogP contribution in [0.4, 0.5) is 0 Å². The van der Waals surface area contributed by atoms with Crippen LogP contribution in [0.5, 0.6) is 0 Å². The van der Waals surface area contributed by atoms with Gasteiger partial charge in [0.1, 0.15) is 0 Å². The van der Waals surface area contributed by atoms with Crippen molar-refractivity contribution in [3.63, 3.8) is 0 Å². The van der Waals surface area contributed by atoms with Crippen LogP contribution in [-0.4, -0.2) is 46.5 Å². The van der Waals surface area contributed by atoms with Crippen molar-refractivity contribution in [3.8, 4) is 0 Å². The molecule has 1 saturated carbocycles. The number of nitrogens with zero attached hydrogens (tertiary/aromatic N) is 2. The Morgan fingerprint density at radius 2 is 1.69 bits per heavy atom. The lowest BCUT2D eigenvalue weighted by molar-refractivity contribution is 0.299. The van der Waals surface area contributed by atoms with Crippen molar-refractivity contribution >= 4 is 16.0 Å². The number of hydrogen-bond acceptors (Lipinski definition) is 3. The van der Waals surface area contributed by atoms with Crippen molar-refractivity contribution < 1.29 is 8.42 Å². The van der Waals surface area contributed by atoms with Gasteiger partial charge in [-0.05, 0) is 42.9 Å². The zero-order valence-corrected chi connectivity index (χ0v) is 16.6. The van der Waals surface area contributed by atoms with Gasteiger partial charge in [-0.3, -0.25) is 4.99 Å². The molecule has 7 heteroatoms. The Bertz CT molecular complexity index is 716. The number of aliphatic imine (C=N–C) groups is 1. The maximum Gasteiger partial charge on any atom is 0.215 e. The molecule has 1 aromatic rings. The van der Waals surface area contributed by atoms with Crippen LogP contribution in [0, 0.1) is 11.8 Å². The quantitative estimate of drug-likeness (QED) is 0.607. The number of fused-ring (bicyclic) bond motifs is 1. The Hall–Kier alpha value is -1.60. The summed E-state index contributed by atoms with van der Waals surface area (Å²) in [7, 11) is 0.0534. The fourth-order valence-electron chi connectivity index (χ4n) is 4.14. The summed E-state index contributed by atoms with van der Waals surface area (Å²) in [5, 5.41) is 3.46. The Kier molecular flexibility index (Phi) is 6.19. The molecule has 3 rings (SSSR count). The molecule has 144 valence electrons. The van der Waals surface area contributed by atoms with Gasteiger partial charge in [-0.15, -0.1) is 0 Å². The number of rotatable bonds is 5. The molecule has 2 aliphatic rings. The van der Waals surface area contributed by atoms with E-state index >= 15 is 0 Å². The lowest BCUT2D eigenvalue weighted by Gasteiger charge is -2.22. The molecule has 1 aliphatic carbocycles. The molecular weight excluding hydrogens is 348 g/mol. The van der Waals surface area contributed by atoms with Crippen LogP contribution in [0.2, 0.25) is 0 Å². The Morgan fingerprint density at radius 1 is 1.12 bits per heavy atom. The predicted octanol–water partition coefficient (Wildman–Crippen LogP) is 1.93. The highest BCUT2D eigenvalue weighted by Crippen LogP contribution is 2.35. The molecule has 6 nitrogen and oxygen atoms in total. The molecule has 0 bridgehead atoms. The number of likely N-dealkylation sites (tertiary alicyclic amines) is 1. The molecule has 0 radical (unpaired) electrons. The number of benzene rings is 1. The van der Waals surface area contributed by atoms with Crippen molar-refractivity contribution in [1.29, 1.82) is 0 Å². The summed E-state index contributed by atoms with van der Waals surface area (Å²) in [6, 6.07) is 7.70. The lowest BCUT2D eigenvalue weighted by atomic mass is 9.82. The minimum atomic E-state index is -3.23.